The van der Waals surface area contributed by atoms with Crippen LogP contribution in [0.1, 0.15) is 19.3 Å². The minimum Gasteiger partial charge on any atom is -0.372 e. The first-order valence-corrected chi connectivity index (χ1v) is 9.39. The quantitative estimate of drug-likeness (QED) is 0.551. The van der Waals surface area contributed by atoms with Crippen LogP contribution < -0.4 is 10.5 Å². The summed E-state index contributed by atoms with van der Waals surface area (Å²) in [7, 11) is 1.89. The predicted molar refractivity (Wildman–Crippen MR) is 108 cm³/mol. The highest BCUT2D eigenvalue weighted by Crippen LogP contribution is 2.23. The fourth-order valence-electron chi connectivity index (χ4n) is 3.93. The number of hydrogen-bond donors (Lipinski definition) is 0. The van der Waals surface area contributed by atoms with Crippen molar-refractivity contribution in [3.05, 3.63) is 59.3 Å². The Labute approximate surface area is 156 Å². The molecule has 1 fully saturated rings. The van der Waals surface area contributed by atoms with Gasteiger partial charge in [0, 0.05) is 37.4 Å². The van der Waals surface area contributed by atoms with Crippen molar-refractivity contribution in [1.82, 2.24) is 19.3 Å². The zero-order valence-corrected chi connectivity index (χ0v) is 15.3. The summed E-state index contributed by atoms with van der Waals surface area (Å²) < 4.78 is 3.40. The molecule has 136 valence electrons. The van der Waals surface area contributed by atoms with Crippen LogP contribution in [0.3, 0.4) is 0 Å². The van der Waals surface area contributed by atoms with Crippen molar-refractivity contribution in [2.75, 3.05) is 18.0 Å². The molecule has 1 aliphatic rings. The molecule has 0 radical (unpaired) electrons. The van der Waals surface area contributed by atoms with Gasteiger partial charge in [0.15, 0.2) is 0 Å². The lowest BCUT2D eigenvalue weighted by atomic mass is 10.1. The number of anilines is 1. The number of benzene rings is 2. The average molecular weight is 359 g/mol. The Morgan fingerprint density at radius 3 is 2.56 bits per heavy atom. The SMILES string of the molecule is Cn1cc2cc(-n3cnc4ccc(N5CCCCC5)cc4c3=O)ccc2n1. The molecule has 1 aliphatic heterocycles. The Morgan fingerprint density at radius 2 is 1.70 bits per heavy atom. The van der Waals surface area contributed by atoms with E-state index in [2.05, 4.69) is 21.0 Å². The van der Waals surface area contributed by atoms with Crippen molar-refractivity contribution in [3.8, 4) is 5.69 Å². The lowest BCUT2D eigenvalue weighted by molar-refractivity contribution is 0.578. The topological polar surface area (TPSA) is 56.0 Å². The Kier molecular flexibility index (Phi) is 3.70. The van der Waals surface area contributed by atoms with Gasteiger partial charge in [0.25, 0.3) is 5.56 Å². The van der Waals surface area contributed by atoms with Crippen molar-refractivity contribution in [2.45, 2.75) is 19.3 Å². The summed E-state index contributed by atoms with van der Waals surface area (Å²) in [5.74, 6) is 0. The van der Waals surface area contributed by atoms with Crippen LogP contribution in [0.2, 0.25) is 0 Å². The third-order valence-corrected chi connectivity index (χ3v) is 5.34. The minimum atomic E-state index is -0.0397. The zero-order valence-electron chi connectivity index (χ0n) is 15.3. The second kappa shape index (κ2) is 6.23. The number of piperidine rings is 1. The molecular formula is C21H21N5O. The number of nitrogens with zero attached hydrogens (tertiary/aromatic N) is 5. The molecule has 0 amide bonds. The maximum atomic E-state index is 13.2. The molecule has 5 rings (SSSR count). The van der Waals surface area contributed by atoms with Crippen LogP contribution >= 0.6 is 0 Å². The Morgan fingerprint density at radius 1 is 0.926 bits per heavy atom. The second-order valence-electron chi connectivity index (χ2n) is 7.21. The number of hydrogen-bond acceptors (Lipinski definition) is 4. The van der Waals surface area contributed by atoms with Gasteiger partial charge in [-0.05, 0) is 55.7 Å². The van der Waals surface area contributed by atoms with Crippen LogP contribution in [-0.4, -0.2) is 32.4 Å². The number of fused-ring (bicyclic) bond motifs is 2. The van der Waals surface area contributed by atoms with E-state index in [0.717, 1.165) is 40.9 Å². The van der Waals surface area contributed by atoms with E-state index in [-0.39, 0.29) is 5.56 Å². The van der Waals surface area contributed by atoms with Crippen LogP contribution in [0.15, 0.2) is 53.7 Å². The van der Waals surface area contributed by atoms with E-state index in [1.54, 1.807) is 15.6 Å². The van der Waals surface area contributed by atoms with E-state index < -0.39 is 0 Å². The normalized spacial score (nSPS) is 14.9. The molecule has 0 aliphatic carbocycles. The third kappa shape index (κ3) is 2.77. The summed E-state index contributed by atoms with van der Waals surface area (Å²) in [5.41, 5.74) is 3.52. The van der Waals surface area contributed by atoms with Crippen molar-refractivity contribution in [2.24, 2.45) is 7.05 Å². The summed E-state index contributed by atoms with van der Waals surface area (Å²) in [5, 5.41) is 6.05. The van der Waals surface area contributed by atoms with Crippen LogP contribution in [0, 0.1) is 0 Å². The van der Waals surface area contributed by atoms with Crippen molar-refractivity contribution in [1.29, 1.82) is 0 Å². The molecule has 0 saturated carbocycles. The fourth-order valence-corrected chi connectivity index (χ4v) is 3.93. The maximum Gasteiger partial charge on any atom is 0.265 e. The van der Waals surface area contributed by atoms with Crippen LogP contribution in [-0.2, 0) is 7.05 Å². The van der Waals surface area contributed by atoms with E-state index >= 15 is 0 Å². The second-order valence-corrected chi connectivity index (χ2v) is 7.21. The first kappa shape index (κ1) is 16.1. The van der Waals surface area contributed by atoms with E-state index in [4.69, 9.17) is 0 Å². The van der Waals surface area contributed by atoms with Crippen LogP contribution in [0.5, 0.6) is 0 Å². The molecule has 0 bridgehead atoms. The van der Waals surface area contributed by atoms with E-state index in [9.17, 15) is 4.79 Å². The lowest BCUT2D eigenvalue weighted by Gasteiger charge is -2.28. The van der Waals surface area contributed by atoms with Crippen molar-refractivity contribution < 1.29 is 0 Å². The summed E-state index contributed by atoms with van der Waals surface area (Å²) in [6.07, 6.45) is 7.27. The monoisotopic (exact) mass is 359 g/mol. The molecule has 0 spiro atoms. The van der Waals surface area contributed by atoms with Crippen LogP contribution in [0.4, 0.5) is 5.69 Å². The average Bonchev–Trinajstić information content (AvgIpc) is 3.08. The summed E-state index contributed by atoms with van der Waals surface area (Å²) >= 11 is 0. The van der Waals surface area contributed by atoms with Gasteiger partial charge in [-0.2, -0.15) is 5.10 Å². The molecule has 0 N–H and O–H groups in total. The maximum absolute atomic E-state index is 13.2. The van der Waals surface area contributed by atoms with Gasteiger partial charge in [-0.25, -0.2) is 4.98 Å². The van der Waals surface area contributed by atoms with Gasteiger partial charge in [-0.15, -0.1) is 0 Å². The fraction of sp³-hybridized carbons (Fsp3) is 0.286. The smallest absolute Gasteiger partial charge is 0.265 e. The molecule has 0 atom stereocenters. The summed E-state index contributed by atoms with van der Waals surface area (Å²) in [6, 6.07) is 11.9. The van der Waals surface area contributed by atoms with E-state index in [1.807, 2.05) is 43.6 Å². The third-order valence-electron chi connectivity index (χ3n) is 5.34. The highest BCUT2D eigenvalue weighted by Gasteiger charge is 2.13. The number of aromatic nitrogens is 4. The molecule has 4 aromatic rings. The Balaban J connectivity index is 1.63. The van der Waals surface area contributed by atoms with Gasteiger partial charge < -0.3 is 4.90 Å². The highest BCUT2D eigenvalue weighted by atomic mass is 16.1. The van der Waals surface area contributed by atoms with Gasteiger partial charge in [-0.1, -0.05) is 0 Å². The van der Waals surface area contributed by atoms with Gasteiger partial charge in [0.2, 0.25) is 0 Å². The number of rotatable bonds is 2. The first-order valence-electron chi connectivity index (χ1n) is 9.39. The summed E-state index contributed by atoms with van der Waals surface area (Å²) in [4.78, 5) is 20.1. The highest BCUT2D eigenvalue weighted by molar-refractivity contribution is 5.83. The molecule has 6 heteroatoms. The summed E-state index contributed by atoms with van der Waals surface area (Å²) in [6.45, 7) is 2.11. The van der Waals surface area contributed by atoms with E-state index in [1.165, 1.54) is 19.3 Å². The molecule has 0 unspecified atom stereocenters. The predicted octanol–water partition coefficient (Wildman–Crippen LogP) is 3.26. The lowest BCUT2D eigenvalue weighted by Crippen LogP contribution is -2.29. The van der Waals surface area contributed by atoms with Gasteiger partial charge in [0.1, 0.15) is 6.33 Å². The first-order chi connectivity index (χ1) is 13.2. The largest absolute Gasteiger partial charge is 0.372 e. The van der Waals surface area contributed by atoms with Crippen molar-refractivity contribution >= 4 is 27.5 Å². The minimum absolute atomic E-state index is 0.0397. The molecule has 3 heterocycles. The molecule has 6 nitrogen and oxygen atoms in total. The molecule has 1 saturated heterocycles. The van der Waals surface area contributed by atoms with E-state index in [0.29, 0.717) is 5.39 Å². The van der Waals surface area contributed by atoms with Crippen molar-refractivity contribution in [3.63, 3.8) is 0 Å². The van der Waals surface area contributed by atoms with Gasteiger partial charge >= 0.3 is 0 Å². The molecule has 2 aromatic carbocycles. The zero-order chi connectivity index (χ0) is 18.4. The Bertz CT molecular complexity index is 1200. The van der Waals surface area contributed by atoms with Crippen LogP contribution in [0.25, 0.3) is 27.5 Å². The van der Waals surface area contributed by atoms with Gasteiger partial charge in [0.05, 0.1) is 22.1 Å². The molecule has 27 heavy (non-hydrogen) atoms. The number of aryl methyl sites for hydroxylation is 1. The molecule has 2 aromatic heterocycles. The standard InChI is InChI=1S/C21H21N5O/c1-24-13-15-11-17(6-7-19(15)23-24)26-14-22-20-8-5-16(12-18(20)21(26)27)25-9-3-2-4-10-25/h5-8,11-14H,2-4,9-10H2,1H3. The van der Waals surface area contributed by atoms with Gasteiger partial charge in [-0.3, -0.25) is 14.0 Å². The Hall–Kier alpha value is -3.15. The molecular weight excluding hydrogens is 338 g/mol.